The number of hydrogen-bond acceptors (Lipinski definition) is 7. The van der Waals surface area contributed by atoms with Crippen LogP contribution in [0.25, 0.3) is 11.4 Å². The number of nitrogens with one attached hydrogen (secondary N) is 1. The van der Waals surface area contributed by atoms with Crippen LogP contribution in [-0.2, 0) is 7.05 Å². The van der Waals surface area contributed by atoms with Crippen LogP contribution in [0.3, 0.4) is 0 Å². The van der Waals surface area contributed by atoms with Crippen LogP contribution in [-0.4, -0.2) is 37.4 Å². The van der Waals surface area contributed by atoms with Gasteiger partial charge in [-0.25, -0.2) is 19.6 Å². The first kappa shape index (κ1) is 16.7. The molecular formula is C17H19N6O2P. The van der Waals surface area contributed by atoms with Crippen LogP contribution >= 0.6 is 9.24 Å². The van der Waals surface area contributed by atoms with E-state index in [1.165, 1.54) is 0 Å². The number of nitrogens with zero attached hydrogens (tertiary/aromatic N) is 5. The number of pyridine rings is 1. The van der Waals surface area contributed by atoms with Crippen molar-refractivity contribution in [3.8, 4) is 23.0 Å². The zero-order valence-electron chi connectivity index (χ0n) is 14.5. The Morgan fingerprint density at radius 2 is 2.15 bits per heavy atom. The highest BCUT2D eigenvalue weighted by Gasteiger charge is 2.17. The monoisotopic (exact) mass is 370 g/mol. The fourth-order valence-corrected chi connectivity index (χ4v) is 2.98. The molecule has 4 rings (SSSR count). The standard InChI is InChI=1S/C17H19N6O2P/c1-10-4-6-24-17-12(9-19-23(17)2)16-21-14(8-15(26)22-16)20-13-7-11(25-10)3-5-18-13/h3,5,7-10H,4,6,26H2,1-2H3,(H,18,20,21,22). The minimum Gasteiger partial charge on any atom is -0.490 e. The fourth-order valence-electron chi connectivity index (χ4n) is 2.70. The van der Waals surface area contributed by atoms with Gasteiger partial charge in [-0.3, -0.25) is 0 Å². The molecule has 4 bridgehead atoms. The van der Waals surface area contributed by atoms with E-state index in [1.54, 1.807) is 17.1 Å². The first-order valence-corrected chi connectivity index (χ1v) is 8.85. The van der Waals surface area contributed by atoms with Gasteiger partial charge in [0.1, 0.15) is 22.9 Å². The Bertz CT molecular complexity index is 945. The summed E-state index contributed by atoms with van der Waals surface area (Å²) in [6.45, 7) is 2.51. The lowest BCUT2D eigenvalue weighted by molar-refractivity contribution is 0.172. The summed E-state index contributed by atoms with van der Waals surface area (Å²) in [6.07, 6.45) is 4.14. The fraction of sp³-hybridized carbons (Fsp3) is 0.294. The summed E-state index contributed by atoms with van der Waals surface area (Å²) < 4.78 is 13.6. The highest BCUT2D eigenvalue weighted by atomic mass is 31.0. The summed E-state index contributed by atoms with van der Waals surface area (Å²) >= 11 is 0. The van der Waals surface area contributed by atoms with E-state index in [1.807, 2.05) is 32.2 Å². The highest BCUT2D eigenvalue weighted by Crippen LogP contribution is 2.28. The van der Waals surface area contributed by atoms with Crippen molar-refractivity contribution in [2.75, 3.05) is 11.9 Å². The maximum absolute atomic E-state index is 5.97. The number of ether oxygens (including phenoxy) is 2. The molecule has 8 nitrogen and oxygen atoms in total. The van der Waals surface area contributed by atoms with Gasteiger partial charge < -0.3 is 14.8 Å². The molecule has 1 aliphatic rings. The van der Waals surface area contributed by atoms with Gasteiger partial charge in [-0.05, 0) is 13.0 Å². The van der Waals surface area contributed by atoms with Gasteiger partial charge >= 0.3 is 0 Å². The minimum atomic E-state index is -0.00223. The van der Waals surface area contributed by atoms with E-state index in [2.05, 4.69) is 34.6 Å². The zero-order valence-corrected chi connectivity index (χ0v) is 15.7. The number of anilines is 2. The Kier molecular flexibility index (Phi) is 4.42. The minimum absolute atomic E-state index is 0.00223. The summed E-state index contributed by atoms with van der Waals surface area (Å²) in [7, 11) is 4.43. The molecule has 4 heterocycles. The Morgan fingerprint density at radius 3 is 3.04 bits per heavy atom. The molecule has 0 saturated heterocycles. The Hall–Kier alpha value is -2.73. The van der Waals surface area contributed by atoms with Crippen molar-refractivity contribution in [1.82, 2.24) is 24.7 Å². The molecule has 0 radical (unpaired) electrons. The Balaban J connectivity index is 1.81. The average Bonchev–Trinajstić information content (AvgIpc) is 2.95. The van der Waals surface area contributed by atoms with E-state index in [4.69, 9.17) is 9.47 Å². The third-order valence-corrected chi connectivity index (χ3v) is 4.25. The van der Waals surface area contributed by atoms with Crippen LogP contribution in [0.4, 0.5) is 11.6 Å². The molecular weight excluding hydrogens is 351 g/mol. The zero-order chi connectivity index (χ0) is 18.1. The molecule has 2 atom stereocenters. The van der Waals surface area contributed by atoms with Crippen LogP contribution in [0.1, 0.15) is 13.3 Å². The molecule has 3 aromatic heterocycles. The van der Waals surface area contributed by atoms with E-state index in [0.717, 1.165) is 23.2 Å². The number of fused-ring (bicyclic) bond motifs is 6. The van der Waals surface area contributed by atoms with E-state index in [0.29, 0.717) is 29.9 Å². The second-order valence-corrected chi connectivity index (χ2v) is 6.65. The number of hydrogen-bond donors (Lipinski definition) is 1. The maximum atomic E-state index is 5.97. The normalized spacial score (nSPS) is 16.5. The molecule has 0 spiro atoms. The number of aromatic nitrogens is 5. The predicted molar refractivity (Wildman–Crippen MR) is 101 cm³/mol. The van der Waals surface area contributed by atoms with E-state index < -0.39 is 0 Å². The molecule has 1 aliphatic heterocycles. The van der Waals surface area contributed by atoms with Gasteiger partial charge in [0.25, 0.3) is 0 Å². The van der Waals surface area contributed by atoms with Gasteiger partial charge in [-0.15, -0.1) is 0 Å². The number of aryl methyl sites for hydroxylation is 1. The van der Waals surface area contributed by atoms with Crippen LogP contribution in [0.15, 0.2) is 30.6 Å². The van der Waals surface area contributed by atoms with Crippen molar-refractivity contribution < 1.29 is 9.47 Å². The lowest BCUT2D eigenvalue weighted by Crippen LogP contribution is -2.17. The first-order valence-electron chi connectivity index (χ1n) is 8.28. The number of rotatable bonds is 0. The lowest BCUT2D eigenvalue weighted by atomic mass is 10.3. The van der Waals surface area contributed by atoms with E-state index in [-0.39, 0.29) is 6.10 Å². The van der Waals surface area contributed by atoms with E-state index >= 15 is 0 Å². The molecule has 0 aliphatic carbocycles. The predicted octanol–water partition coefficient (Wildman–Crippen LogP) is 2.07. The van der Waals surface area contributed by atoms with Gasteiger partial charge in [-0.1, -0.05) is 9.24 Å². The molecule has 26 heavy (non-hydrogen) atoms. The Labute approximate surface area is 153 Å². The van der Waals surface area contributed by atoms with Crippen molar-refractivity contribution >= 4 is 26.3 Å². The van der Waals surface area contributed by atoms with Crippen LogP contribution < -0.4 is 20.2 Å². The van der Waals surface area contributed by atoms with Gasteiger partial charge in [0, 0.05) is 31.8 Å². The quantitative estimate of drug-likeness (QED) is 0.606. The smallest absolute Gasteiger partial charge is 0.222 e. The van der Waals surface area contributed by atoms with Crippen molar-refractivity contribution in [3.63, 3.8) is 0 Å². The summed E-state index contributed by atoms with van der Waals surface area (Å²) in [5.41, 5.74) is 1.49. The van der Waals surface area contributed by atoms with Crippen LogP contribution in [0, 0.1) is 0 Å². The van der Waals surface area contributed by atoms with Crippen LogP contribution in [0.2, 0.25) is 0 Å². The highest BCUT2D eigenvalue weighted by molar-refractivity contribution is 7.26. The average molecular weight is 370 g/mol. The van der Waals surface area contributed by atoms with Crippen molar-refractivity contribution in [2.45, 2.75) is 19.4 Å². The molecule has 9 heteroatoms. The molecule has 0 amide bonds. The third-order valence-electron chi connectivity index (χ3n) is 3.96. The largest absolute Gasteiger partial charge is 0.490 e. The summed E-state index contributed by atoms with van der Waals surface area (Å²) in [4.78, 5) is 13.4. The molecule has 2 unspecified atom stereocenters. The van der Waals surface area contributed by atoms with Gasteiger partial charge in [-0.2, -0.15) is 5.10 Å². The molecule has 1 N–H and O–H groups in total. The van der Waals surface area contributed by atoms with Crippen molar-refractivity contribution in [1.29, 1.82) is 0 Å². The molecule has 134 valence electrons. The molecule has 3 aromatic rings. The second-order valence-electron chi connectivity index (χ2n) is 6.06. The summed E-state index contributed by atoms with van der Waals surface area (Å²) in [5.74, 6) is 3.20. The van der Waals surface area contributed by atoms with E-state index in [9.17, 15) is 0 Å². The molecule has 0 saturated carbocycles. The first-order chi connectivity index (χ1) is 12.6. The Morgan fingerprint density at radius 1 is 1.27 bits per heavy atom. The molecule has 0 aromatic carbocycles. The van der Waals surface area contributed by atoms with Crippen molar-refractivity contribution in [3.05, 3.63) is 30.6 Å². The third kappa shape index (κ3) is 3.46. The van der Waals surface area contributed by atoms with Crippen LogP contribution in [0.5, 0.6) is 11.6 Å². The SMILES string of the molecule is CC1CCOc2c(cnn2C)-c2nc(P)cc(n2)Nc2cc(ccn2)O1. The summed E-state index contributed by atoms with van der Waals surface area (Å²) in [6, 6.07) is 5.51. The summed E-state index contributed by atoms with van der Waals surface area (Å²) in [5, 5.41) is 7.50. The van der Waals surface area contributed by atoms with Gasteiger partial charge in [0.05, 0.1) is 24.3 Å². The molecule has 0 fully saturated rings. The lowest BCUT2D eigenvalue weighted by Gasteiger charge is -2.17. The topological polar surface area (TPSA) is 87.0 Å². The van der Waals surface area contributed by atoms with Crippen molar-refractivity contribution in [2.24, 2.45) is 7.05 Å². The second kappa shape index (κ2) is 6.88. The van der Waals surface area contributed by atoms with Gasteiger partial charge in [0.2, 0.25) is 5.88 Å². The van der Waals surface area contributed by atoms with Gasteiger partial charge in [0.15, 0.2) is 5.82 Å². The maximum Gasteiger partial charge on any atom is 0.222 e.